The van der Waals surface area contributed by atoms with Crippen LogP contribution >= 0.6 is 11.3 Å². The molecule has 0 spiro atoms. The molecule has 0 atom stereocenters. The van der Waals surface area contributed by atoms with Gasteiger partial charge in [-0.3, -0.25) is 4.79 Å². The van der Waals surface area contributed by atoms with Crippen molar-refractivity contribution in [2.24, 2.45) is 0 Å². The standard InChI is InChI=1S/C18H17F2N3O7S2/c1-27-13-9-11(4-5-12(13)29-18(19)20)17-22-14(30-23-17)10-28-15(24)6-7-21-32(25,26)16-3-2-8-31-16/h2-5,8-9,18,21H,6-7,10H2,1H3. The van der Waals surface area contributed by atoms with E-state index >= 15 is 0 Å². The lowest BCUT2D eigenvalue weighted by molar-refractivity contribution is -0.145. The number of sulfonamides is 1. The van der Waals surface area contributed by atoms with Crippen LogP contribution in [-0.2, 0) is 26.2 Å². The Morgan fingerprint density at radius 2 is 2.09 bits per heavy atom. The van der Waals surface area contributed by atoms with Crippen LogP contribution < -0.4 is 14.2 Å². The fourth-order valence-corrected chi connectivity index (χ4v) is 4.49. The van der Waals surface area contributed by atoms with E-state index in [0.717, 1.165) is 11.3 Å². The first-order valence-electron chi connectivity index (χ1n) is 8.93. The highest BCUT2D eigenvalue weighted by Crippen LogP contribution is 2.32. The molecular weight excluding hydrogens is 472 g/mol. The third-order valence-electron chi connectivity index (χ3n) is 3.84. The largest absolute Gasteiger partial charge is 0.493 e. The summed E-state index contributed by atoms with van der Waals surface area (Å²) in [6.07, 6.45) is -0.200. The molecule has 0 radical (unpaired) electrons. The first-order valence-corrected chi connectivity index (χ1v) is 11.3. The van der Waals surface area contributed by atoms with Gasteiger partial charge >= 0.3 is 12.6 Å². The minimum Gasteiger partial charge on any atom is -0.493 e. The Hall–Kier alpha value is -3.10. The highest BCUT2D eigenvalue weighted by atomic mass is 32.2. The summed E-state index contributed by atoms with van der Waals surface area (Å²) in [6.45, 7) is -3.47. The summed E-state index contributed by atoms with van der Waals surface area (Å²) in [7, 11) is -2.37. The second kappa shape index (κ2) is 10.5. The second-order valence-electron chi connectivity index (χ2n) is 6.00. The van der Waals surface area contributed by atoms with Gasteiger partial charge in [0.2, 0.25) is 15.8 Å². The van der Waals surface area contributed by atoms with Gasteiger partial charge in [0.15, 0.2) is 18.1 Å². The fraction of sp³-hybridized carbons (Fsp3) is 0.278. The molecule has 32 heavy (non-hydrogen) atoms. The van der Waals surface area contributed by atoms with Gasteiger partial charge in [0.25, 0.3) is 5.89 Å². The number of carbonyl (C=O) groups is 1. The average Bonchev–Trinajstić information content (AvgIpc) is 3.45. The van der Waals surface area contributed by atoms with Gasteiger partial charge in [0.1, 0.15) is 4.21 Å². The van der Waals surface area contributed by atoms with Gasteiger partial charge in [0, 0.05) is 12.1 Å². The van der Waals surface area contributed by atoms with Gasteiger partial charge in [0.05, 0.1) is 13.5 Å². The molecule has 2 aromatic heterocycles. The average molecular weight is 489 g/mol. The van der Waals surface area contributed by atoms with Crippen LogP contribution in [0.25, 0.3) is 11.4 Å². The number of rotatable bonds is 11. The summed E-state index contributed by atoms with van der Waals surface area (Å²) in [4.78, 5) is 15.9. The number of aromatic nitrogens is 2. The quantitative estimate of drug-likeness (QED) is 0.404. The number of esters is 1. The zero-order valence-corrected chi connectivity index (χ0v) is 18.1. The maximum absolute atomic E-state index is 12.4. The Labute approximate surface area is 185 Å². The van der Waals surface area contributed by atoms with E-state index in [0.29, 0.717) is 5.56 Å². The maximum atomic E-state index is 12.4. The van der Waals surface area contributed by atoms with Crippen molar-refractivity contribution in [1.29, 1.82) is 0 Å². The monoisotopic (exact) mass is 489 g/mol. The Morgan fingerprint density at radius 1 is 1.28 bits per heavy atom. The fourth-order valence-electron chi connectivity index (χ4n) is 2.42. The first-order chi connectivity index (χ1) is 15.3. The topological polar surface area (TPSA) is 130 Å². The molecule has 10 nitrogen and oxygen atoms in total. The van der Waals surface area contributed by atoms with Crippen LogP contribution in [0.2, 0.25) is 0 Å². The summed E-state index contributed by atoms with van der Waals surface area (Å²) >= 11 is 1.06. The first kappa shape index (κ1) is 23.6. The number of methoxy groups -OCH3 is 1. The van der Waals surface area contributed by atoms with Crippen LogP contribution in [0.1, 0.15) is 12.3 Å². The highest BCUT2D eigenvalue weighted by molar-refractivity contribution is 7.91. The molecule has 1 aromatic carbocycles. The number of alkyl halides is 2. The van der Waals surface area contributed by atoms with Gasteiger partial charge in [-0.15, -0.1) is 11.3 Å². The molecule has 0 aliphatic rings. The van der Waals surface area contributed by atoms with Gasteiger partial charge in [-0.05, 0) is 29.6 Å². The van der Waals surface area contributed by atoms with Crippen molar-refractivity contribution in [1.82, 2.24) is 14.9 Å². The van der Waals surface area contributed by atoms with E-state index in [1.165, 1.54) is 31.4 Å². The van der Waals surface area contributed by atoms with E-state index in [-0.39, 0.29) is 47.0 Å². The number of hydrogen-bond acceptors (Lipinski definition) is 10. The van der Waals surface area contributed by atoms with E-state index in [2.05, 4.69) is 19.6 Å². The van der Waals surface area contributed by atoms with Crippen molar-refractivity contribution >= 4 is 27.3 Å². The van der Waals surface area contributed by atoms with E-state index in [1.807, 2.05) is 0 Å². The molecule has 3 rings (SSSR count). The number of thiophene rings is 1. The van der Waals surface area contributed by atoms with E-state index < -0.39 is 22.6 Å². The zero-order valence-electron chi connectivity index (χ0n) is 16.5. The zero-order chi connectivity index (χ0) is 23.1. The summed E-state index contributed by atoms with van der Waals surface area (Å²) < 4.78 is 70.6. The van der Waals surface area contributed by atoms with Gasteiger partial charge in [-0.2, -0.15) is 13.8 Å². The van der Waals surface area contributed by atoms with Crippen LogP contribution in [-0.4, -0.2) is 44.8 Å². The Morgan fingerprint density at radius 3 is 2.78 bits per heavy atom. The molecular formula is C18H17F2N3O7S2. The lowest BCUT2D eigenvalue weighted by Gasteiger charge is -2.10. The summed E-state index contributed by atoms with van der Waals surface area (Å²) in [6, 6.07) is 7.15. The third-order valence-corrected chi connectivity index (χ3v) is 6.70. The lowest BCUT2D eigenvalue weighted by Crippen LogP contribution is -2.26. The van der Waals surface area contributed by atoms with Crippen molar-refractivity contribution in [3.05, 3.63) is 41.6 Å². The van der Waals surface area contributed by atoms with E-state index in [9.17, 15) is 22.0 Å². The number of nitrogens with one attached hydrogen (secondary N) is 1. The Kier molecular flexibility index (Phi) is 7.71. The molecule has 3 aromatic rings. The van der Waals surface area contributed by atoms with Gasteiger partial charge < -0.3 is 18.7 Å². The number of nitrogens with zero attached hydrogens (tertiary/aromatic N) is 2. The number of carbonyl (C=O) groups excluding carboxylic acids is 1. The molecule has 0 aliphatic carbocycles. The molecule has 0 amide bonds. The summed E-state index contributed by atoms with van der Waals surface area (Å²) in [5.41, 5.74) is 0.396. The molecule has 0 saturated carbocycles. The molecule has 0 bridgehead atoms. The van der Waals surface area contributed by atoms with E-state index in [1.54, 1.807) is 11.4 Å². The summed E-state index contributed by atoms with van der Waals surface area (Å²) in [5, 5.41) is 5.37. The molecule has 0 fully saturated rings. The predicted molar refractivity (Wildman–Crippen MR) is 107 cm³/mol. The normalized spacial score (nSPS) is 11.5. The lowest BCUT2D eigenvalue weighted by atomic mass is 10.2. The third kappa shape index (κ3) is 6.21. The van der Waals surface area contributed by atoms with E-state index in [4.69, 9.17) is 14.0 Å². The number of ether oxygens (including phenoxy) is 3. The van der Waals surface area contributed by atoms with Crippen LogP contribution in [0.15, 0.2) is 44.4 Å². The van der Waals surface area contributed by atoms with Gasteiger partial charge in [-0.25, -0.2) is 13.1 Å². The van der Waals surface area contributed by atoms with Crippen LogP contribution in [0.5, 0.6) is 11.5 Å². The van der Waals surface area contributed by atoms with Crippen LogP contribution in [0, 0.1) is 0 Å². The minimum absolute atomic E-state index is 0.0145. The van der Waals surface area contributed by atoms with Gasteiger partial charge in [-0.1, -0.05) is 11.2 Å². The van der Waals surface area contributed by atoms with Crippen molar-refractivity contribution < 1.29 is 40.7 Å². The smallest absolute Gasteiger partial charge is 0.387 e. The molecule has 0 saturated heterocycles. The number of benzene rings is 1. The Bertz CT molecular complexity index is 1150. The van der Waals surface area contributed by atoms with Crippen molar-refractivity contribution in [2.75, 3.05) is 13.7 Å². The molecule has 0 aliphatic heterocycles. The van der Waals surface area contributed by atoms with Crippen molar-refractivity contribution in [2.45, 2.75) is 23.8 Å². The molecule has 0 unspecified atom stereocenters. The van der Waals surface area contributed by atoms with Crippen LogP contribution in [0.3, 0.4) is 0 Å². The van der Waals surface area contributed by atoms with Crippen molar-refractivity contribution in [3.8, 4) is 22.9 Å². The number of hydrogen-bond donors (Lipinski definition) is 1. The predicted octanol–water partition coefficient (Wildman–Crippen LogP) is 2.82. The highest BCUT2D eigenvalue weighted by Gasteiger charge is 2.17. The SMILES string of the molecule is COc1cc(-c2noc(COC(=O)CCNS(=O)(=O)c3cccs3)n2)ccc1OC(F)F. The Balaban J connectivity index is 1.51. The minimum atomic E-state index is -3.66. The maximum Gasteiger partial charge on any atom is 0.387 e. The summed E-state index contributed by atoms with van der Waals surface area (Å²) in [5.74, 6) is -0.681. The van der Waals surface area contributed by atoms with Crippen molar-refractivity contribution in [3.63, 3.8) is 0 Å². The molecule has 2 heterocycles. The number of halogens is 2. The molecule has 1 N–H and O–H groups in total. The molecule has 14 heteroatoms. The molecule has 172 valence electrons. The second-order valence-corrected chi connectivity index (χ2v) is 8.94. The van der Waals surface area contributed by atoms with Crippen LogP contribution in [0.4, 0.5) is 8.78 Å².